The van der Waals surface area contributed by atoms with Crippen molar-refractivity contribution in [1.29, 1.82) is 0 Å². The summed E-state index contributed by atoms with van der Waals surface area (Å²) in [6, 6.07) is 19.0. The van der Waals surface area contributed by atoms with Gasteiger partial charge in [-0.05, 0) is 24.3 Å². The van der Waals surface area contributed by atoms with E-state index >= 15 is 0 Å². The smallest absolute Gasteiger partial charge is 0.503 e. The summed E-state index contributed by atoms with van der Waals surface area (Å²) in [5.74, 6) is -11.0. The fraction of sp³-hybridized carbons (Fsp3) is 0. The predicted octanol–water partition coefficient (Wildman–Crippen LogP) is 5.24. The highest BCUT2D eigenvalue weighted by Gasteiger charge is 2.49. The van der Waals surface area contributed by atoms with E-state index in [0.29, 0.717) is 22.5 Å². The van der Waals surface area contributed by atoms with E-state index in [-0.39, 0.29) is 0 Å². The van der Waals surface area contributed by atoms with Gasteiger partial charge in [0.05, 0.1) is 0 Å². The molecule has 0 atom stereocenters. The molecule has 0 saturated carbocycles. The Labute approximate surface area is 185 Å². The van der Waals surface area contributed by atoms with Crippen LogP contribution in [-0.4, -0.2) is 8.56 Å². The van der Waals surface area contributed by atoms with Crippen LogP contribution in [0.15, 0.2) is 84.9 Å². The third kappa shape index (κ3) is 4.19. The van der Waals surface area contributed by atoms with Gasteiger partial charge in [-0.2, -0.15) is 8.78 Å². The Morgan fingerprint density at radius 2 is 0.788 bits per heavy atom. The lowest BCUT2D eigenvalue weighted by Crippen LogP contribution is -2.68. The third-order valence-corrected chi connectivity index (χ3v) is 8.02. The molecule has 4 aromatic carbocycles. The molecule has 168 valence electrons. The first-order chi connectivity index (χ1) is 15.8. The van der Waals surface area contributed by atoms with Crippen LogP contribution >= 0.6 is 0 Å². The molecule has 0 radical (unpaired) electrons. The molecule has 0 fully saturated rings. The molecule has 0 spiro atoms. The zero-order chi connectivity index (χ0) is 23.6. The van der Waals surface area contributed by atoms with Gasteiger partial charge in [0.1, 0.15) is 11.5 Å². The summed E-state index contributed by atoms with van der Waals surface area (Å²) < 4.78 is 96.0. The van der Waals surface area contributed by atoms with E-state index < -0.39 is 55.0 Å². The normalized spacial score (nSPS) is 11.3. The maximum atomic E-state index is 14.6. The van der Waals surface area contributed by atoms with Crippen molar-refractivity contribution in [3.63, 3.8) is 0 Å². The molecule has 0 aliphatic rings. The summed E-state index contributed by atoms with van der Waals surface area (Å²) in [7, 11) is -4.23. The highest BCUT2D eigenvalue weighted by molar-refractivity contribution is 6.93. The van der Waals surface area contributed by atoms with E-state index in [9.17, 15) is 26.3 Å². The van der Waals surface area contributed by atoms with E-state index in [0.717, 1.165) is 12.1 Å². The van der Waals surface area contributed by atoms with Crippen molar-refractivity contribution in [1.82, 2.24) is 0 Å². The average Bonchev–Trinajstić information content (AvgIpc) is 2.85. The zero-order valence-corrected chi connectivity index (χ0v) is 17.7. The molecule has 0 unspecified atom stereocenters. The van der Waals surface area contributed by atoms with Crippen LogP contribution in [0.25, 0.3) is 0 Å². The van der Waals surface area contributed by atoms with Gasteiger partial charge >= 0.3 is 8.56 Å². The Bertz CT molecular complexity index is 1180. The van der Waals surface area contributed by atoms with Gasteiger partial charge in [-0.3, -0.25) is 0 Å². The molecule has 0 bridgehead atoms. The quantitative estimate of drug-likeness (QED) is 0.215. The van der Waals surface area contributed by atoms with E-state index in [1.54, 1.807) is 60.7 Å². The largest absolute Gasteiger partial charge is 0.531 e. The zero-order valence-electron chi connectivity index (χ0n) is 16.7. The van der Waals surface area contributed by atoms with Gasteiger partial charge in [-0.1, -0.05) is 60.7 Å². The summed E-state index contributed by atoms with van der Waals surface area (Å²) in [5, 5.41) is 0.619. The molecule has 0 aliphatic carbocycles. The minimum atomic E-state index is -4.23. The van der Waals surface area contributed by atoms with Crippen molar-refractivity contribution >= 4 is 18.9 Å². The number of rotatable bonds is 6. The van der Waals surface area contributed by atoms with Gasteiger partial charge in [0, 0.05) is 10.4 Å². The summed E-state index contributed by atoms with van der Waals surface area (Å²) in [4.78, 5) is 0. The fourth-order valence-corrected chi connectivity index (χ4v) is 6.27. The molecule has 9 heteroatoms. The van der Waals surface area contributed by atoms with Gasteiger partial charge in [0.2, 0.25) is 11.6 Å². The lowest BCUT2D eigenvalue weighted by Gasteiger charge is -2.32. The van der Waals surface area contributed by atoms with Crippen LogP contribution < -0.4 is 19.2 Å². The number of benzene rings is 4. The van der Waals surface area contributed by atoms with E-state index in [4.69, 9.17) is 8.85 Å². The molecule has 0 aliphatic heterocycles. The molecule has 0 aromatic heterocycles. The van der Waals surface area contributed by atoms with Crippen LogP contribution in [0.3, 0.4) is 0 Å². The maximum Gasteiger partial charge on any atom is 0.531 e. The molecule has 0 saturated heterocycles. The van der Waals surface area contributed by atoms with Gasteiger partial charge in [0.15, 0.2) is 23.3 Å². The van der Waals surface area contributed by atoms with Crippen molar-refractivity contribution in [3.05, 3.63) is 120 Å². The second kappa shape index (κ2) is 9.03. The molecule has 0 heterocycles. The lowest BCUT2D eigenvalue weighted by atomic mass is 10.3. The minimum Gasteiger partial charge on any atom is -0.503 e. The van der Waals surface area contributed by atoms with Gasteiger partial charge < -0.3 is 8.85 Å². The second-order valence-electron chi connectivity index (χ2n) is 6.90. The van der Waals surface area contributed by atoms with Gasteiger partial charge in [-0.15, -0.1) is 0 Å². The first-order valence-electron chi connectivity index (χ1n) is 9.59. The third-order valence-electron chi connectivity index (χ3n) is 4.81. The van der Waals surface area contributed by atoms with E-state index in [2.05, 4.69) is 0 Å². The molecular weight excluding hydrogens is 462 g/mol. The minimum absolute atomic E-state index is 0.310. The standard InChI is InChI=1S/C24H14F6O2Si/c25-17-11-13-19(23(29)21(17)27)31-33(15-7-3-1-4-8-15,16-9-5-2-6-10-16)32-20-14-12-18(26)22(28)24(20)30/h1-14H. The number of halogens is 6. The number of hydrogen-bond donors (Lipinski definition) is 0. The molecular formula is C24H14F6O2Si. The van der Waals surface area contributed by atoms with Crippen LogP contribution in [0.1, 0.15) is 0 Å². The van der Waals surface area contributed by atoms with Crippen molar-refractivity contribution in [2.75, 3.05) is 0 Å². The van der Waals surface area contributed by atoms with E-state index in [1.807, 2.05) is 0 Å². The van der Waals surface area contributed by atoms with Crippen molar-refractivity contribution in [2.24, 2.45) is 0 Å². The first kappa shape index (κ1) is 22.5. The molecule has 2 nitrogen and oxygen atoms in total. The van der Waals surface area contributed by atoms with E-state index in [1.165, 1.54) is 0 Å². The number of hydrogen-bond acceptors (Lipinski definition) is 2. The topological polar surface area (TPSA) is 18.5 Å². The summed E-state index contributed by atoms with van der Waals surface area (Å²) in [6.07, 6.45) is 0. The molecule has 0 amide bonds. The van der Waals surface area contributed by atoms with Crippen LogP contribution in [0.4, 0.5) is 26.3 Å². The predicted molar refractivity (Wildman–Crippen MR) is 112 cm³/mol. The van der Waals surface area contributed by atoms with Crippen molar-refractivity contribution < 1.29 is 35.2 Å². The van der Waals surface area contributed by atoms with Crippen LogP contribution in [-0.2, 0) is 0 Å². The summed E-state index contributed by atoms with van der Waals surface area (Å²) in [5.41, 5.74) is 0. The lowest BCUT2D eigenvalue weighted by molar-refractivity contribution is 0.360. The Hall–Kier alpha value is -3.72. The SMILES string of the molecule is Fc1ccc(O[Si](Oc2ccc(F)c(F)c2F)(c2ccccc2)c2ccccc2)c(F)c1F. The molecule has 4 aromatic rings. The Balaban J connectivity index is 1.98. The first-order valence-corrected chi connectivity index (χ1v) is 11.4. The highest BCUT2D eigenvalue weighted by atomic mass is 28.4. The second-order valence-corrected chi connectivity index (χ2v) is 9.70. The molecule has 0 N–H and O–H groups in total. The highest BCUT2D eigenvalue weighted by Crippen LogP contribution is 2.29. The summed E-state index contributed by atoms with van der Waals surface area (Å²) >= 11 is 0. The van der Waals surface area contributed by atoms with Crippen LogP contribution in [0.2, 0.25) is 0 Å². The van der Waals surface area contributed by atoms with Crippen LogP contribution in [0, 0.1) is 34.9 Å². The Kier molecular flexibility index (Phi) is 6.15. The summed E-state index contributed by atoms with van der Waals surface area (Å²) in [6.45, 7) is 0. The molecule has 4 rings (SSSR count). The van der Waals surface area contributed by atoms with Crippen molar-refractivity contribution in [3.8, 4) is 11.5 Å². The van der Waals surface area contributed by atoms with Gasteiger partial charge in [-0.25, -0.2) is 17.6 Å². The maximum absolute atomic E-state index is 14.6. The van der Waals surface area contributed by atoms with Crippen LogP contribution in [0.5, 0.6) is 11.5 Å². The molecule has 33 heavy (non-hydrogen) atoms. The Morgan fingerprint density at radius 1 is 0.424 bits per heavy atom. The van der Waals surface area contributed by atoms with Gasteiger partial charge in [0.25, 0.3) is 0 Å². The Morgan fingerprint density at radius 3 is 1.15 bits per heavy atom. The monoisotopic (exact) mass is 476 g/mol. The average molecular weight is 476 g/mol. The fourth-order valence-electron chi connectivity index (χ4n) is 3.22. The van der Waals surface area contributed by atoms with Crippen molar-refractivity contribution in [2.45, 2.75) is 0 Å².